The SMILES string of the molecule is CNCCCCCCOC1CCCC(C)C1. The fourth-order valence-electron chi connectivity index (χ4n) is 2.54. The Morgan fingerprint density at radius 2 is 1.94 bits per heavy atom. The Labute approximate surface area is 101 Å². The molecule has 0 amide bonds. The van der Waals surface area contributed by atoms with Crippen LogP contribution in [0.3, 0.4) is 0 Å². The van der Waals surface area contributed by atoms with E-state index in [0.717, 1.165) is 19.1 Å². The van der Waals surface area contributed by atoms with Crippen molar-refractivity contribution in [2.75, 3.05) is 20.2 Å². The first-order valence-electron chi connectivity index (χ1n) is 7.09. The molecule has 0 aliphatic heterocycles. The summed E-state index contributed by atoms with van der Waals surface area (Å²) in [5, 5.41) is 3.18. The second kappa shape index (κ2) is 9.00. The van der Waals surface area contributed by atoms with E-state index >= 15 is 0 Å². The molecule has 96 valence electrons. The van der Waals surface area contributed by atoms with E-state index in [4.69, 9.17) is 4.74 Å². The average molecular weight is 227 g/mol. The zero-order valence-corrected chi connectivity index (χ0v) is 11.1. The van der Waals surface area contributed by atoms with Crippen molar-refractivity contribution in [3.63, 3.8) is 0 Å². The molecule has 1 rings (SSSR count). The third-order valence-electron chi connectivity index (χ3n) is 3.56. The Morgan fingerprint density at radius 1 is 1.12 bits per heavy atom. The molecule has 0 spiro atoms. The third-order valence-corrected chi connectivity index (χ3v) is 3.56. The highest BCUT2D eigenvalue weighted by Gasteiger charge is 2.18. The third kappa shape index (κ3) is 6.49. The molecule has 2 heteroatoms. The zero-order valence-electron chi connectivity index (χ0n) is 11.1. The number of hydrogen-bond donors (Lipinski definition) is 1. The largest absolute Gasteiger partial charge is 0.378 e. The van der Waals surface area contributed by atoms with Crippen molar-refractivity contribution < 1.29 is 4.74 Å². The molecule has 0 aromatic rings. The summed E-state index contributed by atoms with van der Waals surface area (Å²) in [6, 6.07) is 0. The van der Waals surface area contributed by atoms with Gasteiger partial charge in [-0.05, 0) is 45.2 Å². The number of hydrogen-bond acceptors (Lipinski definition) is 2. The van der Waals surface area contributed by atoms with Crippen LogP contribution < -0.4 is 5.32 Å². The second-order valence-corrected chi connectivity index (χ2v) is 5.28. The molecule has 0 aromatic heterocycles. The van der Waals surface area contributed by atoms with Crippen molar-refractivity contribution in [2.45, 2.75) is 64.4 Å². The van der Waals surface area contributed by atoms with E-state index in [-0.39, 0.29) is 0 Å². The predicted molar refractivity (Wildman–Crippen MR) is 69.8 cm³/mol. The maximum atomic E-state index is 5.94. The van der Waals surface area contributed by atoms with Gasteiger partial charge in [0, 0.05) is 6.61 Å². The quantitative estimate of drug-likeness (QED) is 0.642. The fraction of sp³-hybridized carbons (Fsp3) is 1.00. The fourth-order valence-corrected chi connectivity index (χ4v) is 2.54. The first-order chi connectivity index (χ1) is 7.83. The average Bonchev–Trinajstić information content (AvgIpc) is 2.28. The van der Waals surface area contributed by atoms with Gasteiger partial charge in [0.2, 0.25) is 0 Å². The first kappa shape index (κ1) is 14.0. The molecule has 1 aliphatic carbocycles. The van der Waals surface area contributed by atoms with E-state index in [2.05, 4.69) is 12.2 Å². The van der Waals surface area contributed by atoms with Crippen LogP contribution in [-0.2, 0) is 4.74 Å². The van der Waals surface area contributed by atoms with E-state index < -0.39 is 0 Å². The van der Waals surface area contributed by atoms with E-state index in [1.54, 1.807) is 0 Å². The first-order valence-corrected chi connectivity index (χ1v) is 7.09. The molecule has 1 aliphatic rings. The van der Waals surface area contributed by atoms with Gasteiger partial charge in [-0.2, -0.15) is 0 Å². The molecular formula is C14H29NO. The van der Waals surface area contributed by atoms with Gasteiger partial charge in [-0.25, -0.2) is 0 Å². The van der Waals surface area contributed by atoms with E-state index in [1.165, 1.54) is 51.4 Å². The van der Waals surface area contributed by atoms with Crippen molar-refractivity contribution >= 4 is 0 Å². The smallest absolute Gasteiger partial charge is 0.0577 e. The van der Waals surface area contributed by atoms with Crippen LogP contribution in [-0.4, -0.2) is 26.3 Å². The Hall–Kier alpha value is -0.0800. The Bertz CT molecular complexity index is 161. The number of unbranched alkanes of at least 4 members (excludes halogenated alkanes) is 3. The molecule has 1 N–H and O–H groups in total. The molecule has 0 heterocycles. The van der Waals surface area contributed by atoms with Crippen molar-refractivity contribution in [1.82, 2.24) is 5.32 Å². The van der Waals surface area contributed by atoms with Gasteiger partial charge < -0.3 is 10.1 Å². The van der Waals surface area contributed by atoms with Crippen LogP contribution in [0.25, 0.3) is 0 Å². The highest BCUT2D eigenvalue weighted by Crippen LogP contribution is 2.25. The van der Waals surface area contributed by atoms with Crippen LogP contribution in [0.1, 0.15) is 58.3 Å². The van der Waals surface area contributed by atoms with Crippen LogP contribution in [0.5, 0.6) is 0 Å². The monoisotopic (exact) mass is 227 g/mol. The van der Waals surface area contributed by atoms with Gasteiger partial charge in [-0.1, -0.05) is 32.6 Å². The van der Waals surface area contributed by atoms with Crippen LogP contribution in [0, 0.1) is 5.92 Å². The summed E-state index contributed by atoms with van der Waals surface area (Å²) in [5.74, 6) is 0.884. The van der Waals surface area contributed by atoms with Crippen LogP contribution in [0.2, 0.25) is 0 Å². The summed E-state index contributed by atoms with van der Waals surface area (Å²) >= 11 is 0. The summed E-state index contributed by atoms with van der Waals surface area (Å²) < 4.78 is 5.94. The summed E-state index contributed by atoms with van der Waals surface area (Å²) in [7, 11) is 2.02. The van der Waals surface area contributed by atoms with Gasteiger partial charge in [0.25, 0.3) is 0 Å². The lowest BCUT2D eigenvalue weighted by atomic mass is 9.89. The minimum atomic E-state index is 0.570. The minimum absolute atomic E-state index is 0.570. The summed E-state index contributed by atoms with van der Waals surface area (Å²) in [6.45, 7) is 4.49. The molecule has 0 aromatic carbocycles. The highest BCUT2D eigenvalue weighted by atomic mass is 16.5. The number of rotatable bonds is 8. The zero-order chi connectivity index (χ0) is 11.6. The van der Waals surface area contributed by atoms with Crippen molar-refractivity contribution in [2.24, 2.45) is 5.92 Å². The van der Waals surface area contributed by atoms with Crippen molar-refractivity contribution in [1.29, 1.82) is 0 Å². The Kier molecular flexibility index (Phi) is 7.87. The van der Waals surface area contributed by atoms with Crippen molar-refractivity contribution in [3.8, 4) is 0 Å². The Balaban J connectivity index is 1.86. The summed E-state index contributed by atoms with van der Waals surface area (Å²) in [6.07, 6.45) is 11.1. The lowest BCUT2D eigenvalue weighted by Gasteiger charge is -2.26. The van der Waals surface area contributed by atoms with Crippen LogP contribution >= 0.6 is 0 Å². The van der Waals surface area contributed by atoms with E-state index in [1.807, 2.05) is 7.05 Å². The number of ether oxygens (including phenoxy) is 1. The van der Waals surface area contributed by atoms with Crippen molar-refractivity contribution in [3.05, 3.63) is 0 Å². The lowest BCUT2D eigenvalue weighted by molar-refractivity contribution is 0.0137. The standard InChI is InChI=1S/C14H29NO/c1-13-8-7-9-14(12-13)16-11-6-4-3-5-10-15-2/h13-15H,3-12H2,1-2H3. The molecule has 0 bridgehead atoms. The van der Waals surface area contributed by atoms with Gasteiger partial charge in [-0.3, -0.25) is 0 Å². The molecule has 2 atom stereocenters. The predicted octanol–water partition coefficient (Wildman–Crippen LogP) is 3.36. The summed E-state index contributed by atoms with van der Waals surface area (Å²) in [5.41, 5.74) is 0. The van der Waals surface area contributed by atoms with Crippen LogP contribution in [0.15, 0.2) is 0 Å². The summed E-state index contributed by atoms with van der Waals surface area (Å²) in [4.78, 5) is 0. The molecule has 16 heavy (non-hydrogen) atoms. The highest BCUT2D eigenvalue weighted by molar-refractivity contribution is 4.70. The van der Waals surface area contributed by atoms with E-state index in [9.17, 15) is 0 Å². The lowest BCUT2D eigenvalue weighted by Crippen LogP contribution is -2.21. The van der Waals surface area contributed by atoms with Gasteiger partial charge in [0.1, 0.15) is 0 Å². The normalized spacial score (nSPS) is 25.9. The maximum Gasteiger partial charge on any atom is 0.0577 e. The molecule has 0 saturated heterocycles. The molecule has 0 radical (unpaired) electrons. The molecular weight excluding hydrogens is 198 g/mol. The molecule has 2 nitrogen and oxygen atoms in total. The maximum absolute atomic E-state index is 5.94. The molecule has 2 unspecified atom stereocenters. The Morgan fingerprint density at radius 3 is 2.69 bits per heavy atom. The second-order valence-electron chi connectivity index (χ2n) is 5.28. The van der Waals surface area contributed by atoms with Gasteiger partial charge >= 0.3 is 0 Å². The van der Waals surface area contributed by atoms with Gasteiger partial charge in [0.15, 0.2) is 0 Å². The topological polar surface area (TPSA) is 21.3 Å². The van der Waals surface area contributed by atoms with Gasteiger partial charge in [0.05, 0.1) is 6.10 Å². The molecule has 1 saturated carbocycles. The van der Waals surface area contributed by atoms with E-state index in [0.29, 0.717) is 6.10 Å². The van der Waals surface area contributed by atoms with Gasteiger partial charge in [-0.15, -0.1) is 0 Å². The minimum Gasteiger partial charge on any atom is -0.378 e. The number of nitrogens with one attached hydrogen (secondary N) is 1. The van der Waals surface area contributed by atoms with Crippen LogP contribution in [0.4, 0.5) is 0 Å². The molecule has 1 fully saturated rings.